The van der Waals surface area contributed by atoms with E-state index in [1.807, 2.05) is 31.2 Å². The van der Waals surface area contributed by atoms with Crippen LogP contribution in [0.3, 0.4) is 0 Å². The number of hydrogen-bond acceptors (Lipinski definition) is 6. The fourth-order valence-electron chi connectivity index (χ4n) is 3.30. The van der Waals surface area contributed by atoms with Crippen LogP contribution in [0.25, 0.3) is 11.1 Å². The van der Waals surface area contributed by atoms with Gasteiger partial charge in [-0.3, -0.25) is 14.6 Å². The molecule has 0 spiro atoms. The van der Waals surface area contributed by atoms with Crippen LogP contribution in [-0.2, 0) is 17.8 Å². The molecule has 1 N–H and O–H groups in total. The predicted octanol–water partition coefficient (Wildman–Crippen LogP) is 3.36. The second-order valence-corrected chi connectivity index (χ2v) is 7.46. The van der Waals surface area contributed by atoms with E-state index in [1.54, 1.807) is 19.4 Å². The number of aryl methyl sites for hydroxylation is 2. The molecule has 0 saturated heterocycles. The maximum absolute atomic E-state index is 12.8. The van der Waals surface area contributed by atoms with Crippen molar-refractivity contribution in [2.75, 3.05) is 18.5 Å². The topological polar surface area (TPSA) is 88.1 Å². The highest BCUT2D eigenvalue weighted by Gasteiger charge is 2.19. The zero-order chi connectivity index (χ0) is 22.4. The minimum atomic E-state index is -0.185. The number of pyridine rings is 1. The van der Waals surface area contributed by atoms with Gasteiger partial charge in [-0.15, -0.1) is 0 Å². The fourth-order valence-corrected chi connectivity index (χ4v) is 3.30. The molecule has 1 aromatic carbocycles. The van der Waals surface area contributed by atoms with Crippen LogP contribution in [0.15, 0.2) is 48.8 Å². The number of ketones is 1. The summed E-state index contributed by atoms with van der Waals surface area (Å²) in [6, 6.07) is 11.9. The second-order valence-electron chi connectivity index (χ2n) is 7.46. The molecule has 0 fully saturated rings. The summed E-state index contributed by atoms with van der Waals surface area (Å²) in [5.41, 5.74) is 5.63. The molecule has 7 nitrogen and oxygen atoms in total. The molecule has 1 amide bonds. The Morgan fingerprint density at radius 1 is 1.06 bits per heavy atom. The highest BCUT2D eigenvalue weighted by molar-refractivity contribution is 6.04. The summed E-state index contributed by atoms with van der Waals surface area (Å²) in [6.45, 7) is 6.04. The molecule has 3 aromatic rings. The number of amides is 1. The number of rotatable bonds is 8. The van der Waals surface area contributed by atoms with Gasteiger partial charge in [0.15, 0.2) is 5.78 Å². The van der Waals surface area contributed by atoms with E-state index in [0.29, 0.717) is 12.2 Å². The summed E-state index contributed by atoms with van der Waals surface area (Å²) >= 11 is 0. The lowest BCUT2D eigenvalue weighted by atomic mass is 10.0. The van der Waals surface area contributed by atoms with Crippen LogP contribution in [0.4, 0.5) is 5.69 Å². The number of carbonyl (C=O) groups is 2. The van der Waals surface area contributed by atoms with Crippen LogP contribution >= 0.6 is 0 Å². The Labute approximate surface area is 182 Å². The Morgan fingerprint density at radius 3 is 2.58 bits per heavy atom. The Kier molecular flexibility index (Phi) is 7.20. The van der Waals surface area contributed by atoms with Gasteiger partial charge in [-0.1, -0.05) is 31.2 Å². The van der Waals surface area contributed by atoms with Crippen molar-refractivity contribution in [2.45, 2.75) is 33.7 Å². The van der Waals surface area contributed by atoms with Crippen molar-refractivity contribution in [2.24, 2.45) is 0 Å². The van der Waals surface area contributed by atoms with Crippen molar-refractivity contribution in [3.8, 4) is 11.1 Å². The van der Waals surface area contributed by atoms with E-state index in [-0.39, 0.29) is 23.9 Å². The van der Waals surface area contributed by atoms with Crippen molar-refractivity contribution in [3.63, 3.8) is 0 Å². The number of carbonyl (C=O) groups excluding carboxylic acids is 2. The van der Waals surface area contributed by atoms with Crippen LogP contribution in [0.5, 0.6) is 0 Å². The second kappa shape index (κ2) is 10.0. The molecular weight excluding hydrogens is 390 g/mol. The van der Waals surface area contributed by atoms with E-state index in [4.69, 9.17) is 0 Å². The predicted molar refractivity (Wildman–Crippen MR) is 121 cm³/mol. The fraction of sp³-hybridized carbons (Fsp3) is 0.292. The number of benzene rings is 1. The molecule has 0 saturated carbocycles. The maximum atomic E-state index is 12.8. The van der Waals surface area contributed by atoms with Crippen LogP contribution < -0.4 is 10.2 Å². The summed E-state index contributed by atoms with van der Waals surface area (Å²) in [7, 11) is 1.66. The van der Waals surface area contributed by atoms with Crippen molar-refractivity contribution in [3.05, 3.63) is 71.3 Å². The molecule has 0 unspecified atom stereocenters. The lowest BCUT2D eigenvalue weighted by Gasteiger charge is -2.20. The maximum Gasteiger partial charge on any atom is 0.240 e. The van der Waals surface area contributed by atoms with Crippen LogP contribution in [0.2, 0.25) is 0 Å². The quantitative estimate of drug-likeness (QED) is 0.566. The average Bonchev–Trinajstić information content (AvgIpc) is 2.78. The van der Waals surface area contributed by atoms with Gasteiger partial charge in [-0.2, -0.15) is 10.2 Å². The Hall–Kier alpha value is -3.45. The molecule has 0 bridgehead atoms. The zero-order valence-corrected chi connectivity index (χ0v) is 18.3. The monoisotopic (exact) mass is 417 g/mol. The first-order valence-electron chi connectivity index (χ1n) is 10.2. The number of likely N-dealkylation sites (N-methyl/N-ethyl adjacent to an activating group) is 1. The molecule has 0 aliphatic heterocycles. The number of nitrogens with zero attached hydrogens (tertiary/aromatic N) is 4. The van der Waals surface area contributed by atoms with Crippen LogP contribution in [-0.4, -0.2) is 40.5 Å². The molecule has 31 heavy (non-hydrogen) atoms. The normalized spacial score (nSPS) is 10.7. The SMILES string of the molecule is CCc1cccc(-c2cnc(C(C)=O)c(N(C)C(=O)CNCc3cnnc(C)c3)c2)c1. The third-order valence-electron chi connectivity index (χ3n) is 5.04. The van der Waals surface area contributed by atoms with Gasteiger partial charge in [-0.05, 0) is 42.2 Å². The van der Waals surface area contributed by atoms with Crippen LogP contribution in [0.1, 0.15) is 41.2 Å². The molecular formula is C24H27N5O2. The van der Waals surface area contributed by atoms with Gasteiger partial charge < -0.3 is 10.2 Å². The molecule has 7 heteroatoms. The van der Waals surface area contributed by atoms with E-state index in [9.17, 15) is 9.59 Å². The van der Waals surface area contributed by atoms with Gasteiger partial charge in [0.2, 0.25) is 5.91 Å². The van der Waals surface area contributed by atoms with Gasteiger partial charge in [0.1, 0.15) is 5.69 Å². The van der Waals surface area contributed by atoms with Gasteiger partial charge in [0, 0.05) is 32.3 Å². The highest BCUT2D eigenvalue weighted by atomic mass is 16.2. The summed E-state index contributed by atoms with van der Waals surface area (Å²) < 4.78 is 0. The number of anilines is 1. The van der Waals surface area contributed by atoms with Crippen molar-refractivity contribution < 1.29 is 9.59 Å². The third-order valence-corrected chi connectivity index (χ3v) is 5.04. The number of nitrogens with one attached hydrogen (secondary N) is 1. The van der Waals surface area contributed by atoms with E-state index in [1.165, 1.54) is 17.4 Å². The first-order valence-corrected chi connectivity index (χ1v) is 10.2. The lowest BCUT2D eigenvalue weighted by Crippen LogP contribution is -2.36. The molecule has 0 atom stereocenters. The minimum Gasteiger partial charge on any atom is -0.312 e. The van der Waals surface area contributed by atoms with Gasteiger partial charge in [0.25, 0.3) is 0 Å². The smallest absolute Gasteiger partial charge is 0.240 e. The zero-order valence-electron chi connectivity index (χ0n) is 18.3. The first-order chi connectivity index (χ1) is 14.9. The van der Waals surface area contributed by atoms with E-state index < -0.39 is 0 Å². The molecule has 0 radical (unpaired) electrons. The van der Waals surface area contributed by atoms with E-state index in [0.717, 1.165) is 28.8 Å². The summed E-state index contributed by atoms with van der Waals surface area (Å²) in [5, 5.41) is 11.0. The van der Waals surface area contributed by atoms with Gasteiger partial charge in [-0.25, -0.2) is 0 Å². The van der Waals surface area contributed by atoms with E-state index >= 15 is 0 Å². The standard InChI is InChI=1S/C24H27N5O2/c1-5-18-7-6-8-20(10-18)21-11-22(24(17(3)30)26-14-21)29(4)23(31)15-25-12-19-9-16(2)28-27-13-19/h6-11,13-14,25H,5,12,15H2,1-4H3. The van der Waals surface area contributed by atoms with Crippen molar-refractivity contribution in [1.82, 2.24) is 20.5 Å². The van der Waals surface area contributed by atoms with Crippen LogP contribution in [0, 0.1) is 6.92 Å². The lowest BCUT2D eigenvalue weighted by molar-refractivity contribution is -0.117. The first kappa shape index (κ1) is 22.2. The highest BCUT2D eigenvalue weighted by Crippen LogP contribution is 2.27. The largest absolute Gasteiger partial charge is 0.312 e. The molecule has 160 valence electrons. The number of Topliss-reactive ketones (excluding diaryl/α,β-unsaturated/α-hetero) is 1. The third kappa shape index (κ3) is 5.58. The van der Waals surface area contributed by atoms with Gasteiger partial charge in [0.05, 0.1) is 24.1 Å². The van der Waals surface area contributed by atoms with Crippen molar-refractivity contribution >= 4 is 17.4 Å². The molecule has 3 rings (SSSR count). The Morgan fingerprint density at radius 2 is 1.87 bits per heavy atom. The molecule has 0 aliphatic rings. The Bertz CT molecular complexity index is 1100. The molecule has 0 aliphatic carbocycles. The summed E-state index contributed by atoms with van der Waals surface area (Å²) in [6.07, 6.45) is 4.28. The summed E-state index contributed by atoms with van der Waals surface area (Å²) in [5.74, 6) is -0.350. The number of hydrogen-bond donors (Lipinski definition) is 1. The Balaban J connectivity index is 1.79. The van der Waals surface area contributed by atoms with Crippen molar-refractivity contribution in [1.29, 1.82) is 0 Å². The van der Waals surface area contributed by atoms with Gasteiger partial charge >= 0.3 is 0 Å². The molecule has 2 heterocycles. The summed E-state index contributed by atoms with van der Waals surface area (Å²) in [4.78, 5) is 30.8. The average molecular weight is 418 g/mol. The van der Waals surface area contributed by atoms with E-state index in [2.05, 4.69) is 39.6 Å². The minimum absolute atomic E-state index is 0.116. The number of aromatic nitrogens is 3. The molecule has 2 aromatic heterocycles.